The minimum atomic E-state index is 0.600. The van der Waals surface area contributed by atoms with E-state index in [4.69, 9.17) is 28.1 Å². The molecule has 0 fully saturated rings. The minimum absolute atomic E-state index is 0.600. The third-order valence-corrected chi connectivity index (χ3v) is 11.9. The van der Waals surface area contributed by atoms with Crippen molar-refractivity contribution < 1.29 is 0 Å². The normalized spacial score (nSPS) is 11.3. The number of para-hydroxylation sites is 2. The van der Waals surface area contributed by atoms with Crippen molar-refractivity contribution in [2.45, 2.75) is 0 Å². The summed E-state index contributed by atoms with van der Waals surface area (Å²) in [5.41, 5.74) is 14.3. The topological polar surface area (TPSA) is 56.5 Å². The van der Waals surface area contributed by atoms with Crippen LogP contribution in [0.3, 0.4) is 0 Å². The van der Waals surface area contributed by atoms with Crippen LogP contribution in [0.1, 0.15) is 22.3 Å². The fourth-order valence-corrected chi connectivity index (χ4v) is 8.78. The zero-order valence-electron chi connectivity index (χ0n) is 34.4. The Labute approximate surface area is 365 Å². The number of pyridine rings is 1. The highest BCUT2D eigenvalue weighted by atomic mass is 15.0. The molecule has 11 aromatic rings. The second kappa shape index (κ2) is 15.8. The van der Waals surface area contributed by atoms with Gasteiger partial charge >= 0.3 is 0 Å². The smallest absolute Gasteiger partial charge is 0.164 e. The first-order valence-electron chi connectivity index (χ1n) is 21.0. The highest BCUT2D eigenvalue weighted by Crippen LogP contribution is 2.40. The lowest BCUT2D eigenvalue weighted by Gasteiger charge is -2.18. The molecule has 0 unspecified atom stereocenters. The molecule has 5 nitrogen and oxygen atoms in total. The van der Waals surface area contributed by atoms with E-state index in [1.54, 1.807) is 0 Å². The lowest BCUT2D eigenvalue weighted by molar-refractivity contribution is 1.08. The van der Waals surface area contributed by atoms with Crippen molar-refractivity contribution in [1.29, 1.82) is 0 Å². The molecule has 296 valence electrons. The number of benzene rings is 8. The molecule has 0 bridgehead atoms. The monoisotopic (exact) mass is 805 g/mol. The van der Waals surface area contributed by atoms with Gasteiger partial charge in [0.1, 0.15) is 0 Å². The Morgan fingerprint density at radius 3 is 1.63 bits per heavy atom. The average Bonchev–Trinajstić information content (AvgIpc) is 3.70. The number of hydrogen-bond donors (Lipinski definition) is 0. The molecular weight excluding hydrogens is 767 g/mol. The fraction of sp³-hybridized carbons (Fsp3) is 0. The summed E-state index contributed by atoms with van der Waals surface area (Å²) >= 11 is 0. The molecule has 0 spiro atoms. The molecule has 11 rings (SSSR count). The molecule has 5 heteroatoms. The maximum absolute atomic E-state index is 5.15. The average molecular weight is 806 g/mol. The third-order valence-electron chi connectivity index (χ3n) is 11.9. The highest BCUT2D eigenvalue weighted by molar-refractivity contribution is 6.10. The van der Waals surface area contributed by atoms with Crippen molar-refractivity contribution in [2.75, 3.05) is 0 Å². The molecule has 8 aromatic carbocycles. The lowest BCUT2D eigenvalue weighted by Crippen LogP contribution is -2.01. The van der Waals surface area contributed by atoms with Crippen LogP contribution in [0.15, 0.2) is 226 Å². The third kappa shape index (κ3) is 6.78. The first kappa shape index (κ1) is 37.5. The zero-order valence-corrected chi connectivity index (χ0v) is 34.4. The van der Waals surface area contributed by atoms with E-state index in [9.17, 15) is 0 Å². The summed E-state index contributed by atoms with van der Waals surface area (Å²) in [7, 11) is 0. The Morgan fingerprint density at radius 2 is 0.905 bits per heavy atom. The van der Waals surface area contributed by atoms with Crippen molar-refractivity contribution in [3.63, 3.8) is 0 Å². The van der Waals surface area contributed by atoms with E-state index in [2.05, 4.69) is 167 Å². The molecular formula is C58H39N5. The molecule has 63 heavy (non-hydrogen) atoms. The van der Waals surface area contributed by atoms with Crippen LogP contribution in [0, 0.1) is 0 Å². The van der Waals surface area contributed by atoms with Gasteiger partial charge in [-0.1, -0.05) is 171 Å². The number of hydrogen-bond acceptors (Lipinski definition) is 4. The van der Waals surface area contributed by atoms with E-state index >= 15 is 0 Å². The van der Waals surface area contributed by atoms with Crippen molar-refractivity contribution in [1.82, 2.24) is 24.5 Å². The lowest BCUT2D eigenvalue weighted by atomic mass is 9.86. The SMILES string of the molecule is C=C(c1ccc2c3ccccc3n(-c3ccccc3)c2c1)c1ccccc1C(=C)c1ccc(-c2nc(-c3ccccc3)nc(-c3ccc(-c4ccncc4)cc3)n2)c2ccccc12. The standard InChI is InChI=1S/C58H39N5/c1-38(44-29-30-52-51-23-13-14-24-54(51)63(55(52)37-44)45-17-7-4-8-18-45)46-19-9-10-20-47(46)39(2)48-31-32-53(50-22-12-11-21-49(48)50)58-61-56(42-15-5-3-6-16-42)60-57(62-58)43-27-25-40(26-28-43)41-33-35-59-36-34-41/h3-37H,1-2H2. The van der Waals surface area contributed by atoms with Crippen LogP contribution >= 0.6 is 0 Å². The van der Waals surface area contributed by atoms with E-state index in [1.165, 1.54) is 16.3 Å². The van der Waals surface area contributed by atoms with Crippen molar-refractivity contribution >= 4 is 43.7 Å². The van der Waals surface area contributed by atoms with Crippen LogP contribution in [-0.4, -0.2) is 24.5 Å². The number of nitrogens with zero attached hydrogens (tertiary/aromatic N) is 5. The quantitative estimate of drug-likeness (QED) is 0.146. The summed E-state index contributed by atoms with van der Waals surface area (Å²) in [6.45, 7) is 9.49. The van der Waals surface area contributed by atoms with E-state index in [1.807, 2.05) is 54.9 Å². The second-order valence-electron chi connectivity index (χ2n) is 15.6. The van der Waals surface area contributed by atoms with Gasteiger partial charge in [-0.25, -0.2) is 15.0 Å². The van der Waals surface area contributed by atoms with Crippen molar-refractivity contribution in [3.8, 4) is 51.0 Å². The van der Waals surface area contributed by atoms with Crippen molar-refractivity contribution in [3.05, 3.63) is 248 Å². The van der Waals surface area contributed by atoms with Gasteiger partial charge in [0.15, 0.2) is 17.5 Å². The van der Waals surface area contributed by atoms with E-state index in [0.29, 0.717) is 17.5 Å². The molecule has 0 aliphatic carbocycles. The summed E-state index contributed by atoms with van der Waals surface area (Å²) in [4.78, 5) is 19.4. The molecule has 3 aromatic heterocycles. The molecule has 0 amide bonds. The largest absolute Gasteiger partial charge is 0.309 e. The van der Waals surface area contributed by atoms with Gasteiger partial charge in [0.05, 0.1) is 11.0 Å². The first-order valence-corrected chi connectivity index (χ1v) is 21.0. The van der Waals surface area contributed by atoms with Crippen LogP contribution in [0.5, 0.6) is 0 Å². The Hall–Kier alpha value is -8.54. The summed E-state index contributed by atoms with van der Waals surface area (Å²) in [6.07, 6.45) is 3.62. The van der Waals surface area contributed by atoms with Gasteiger partial charge in [0.25, 0.3) is 0 Å². The molecule has 0 aliphatic rings. The molecule has 3 heterocycles. The Bertz CT molecular complexity index is 3520. The van der Waals surface area contributed by atoms with Crippen LogP contribution in [0.4, 0.5) is 0 Å². The molecule has 0 aliphatic heterocycles. The Morgan fingerprint density at radius 1 is 0.365 bits per heavy atom. The summed E-state index contributed by atoms with van der Waals surface area (Å²) in [5.74, 6) is 1.82. The molecule has 0 atom stereocenters. The van der Waals surface area contributed by atoms with Gasteiger partial charge in [-0.05, 0) is 97.8 Å². The van der Waals surface area contributed by atoms with Crippen LogP contribution < -0.4 is 0 Å². The maximum Gasteiger partial charge on any atom is 0.164 e. The van der Waals surface area contributed by atoms with Crippen LogP contribution in [0.2, 0.25) is 0 Å². The Balaban J connectivity index is 0.991. The zero-order chi connectivity index (χ0) is 42.3. The minimum Gasteiger partial charge on any atom is -0.309 e. The second-order valence-corrected chi connectivity index (χ2v) is 15.6. The van der Waals surface area contributed by atoms with Crippen molar-refractivity contribution in [2.24, 2.45) is 0 Å². The Kier molecular flexibility index (Phi) is 9.40. The van der Waals surface area contributed by atoms with Gasteiger partial charge in [0, 0.05) is 45.5 Å². The van der Waals surface area contributed by atoms with E-state index in [-0.39, 0.29) is 0 Å². The first-order chi connectivity index (χ1) is 31.1. The predicted molar refractivity (Wildman–Crippen MR) is 260 cm³/mol. The van der Waals surface area contributed by atoms with Gasteiger partial charge in [0.2, 0.25) is 0 Å². The van der Waals surface area contributed by atoms with Gasteiger partial charge in [-0.15, -0.1) is 0 Å². The molecule has 0 saturated carbocycles. The number of aromatic nitrogens is 5. The summed E-state index contributed by atoms with van der Waals surface area (Å²) in [5, 5.41) is 4.50. The fourth-order valence-electron chi connectivity index (χ4n) is 8.78. The molecule has 0 saturated heterocycles. The maximum atomic E-state index is 5.15. The summed E-state index contributed by atoms with van der Waals surface area (Å²) < 4.78 is 2.35. The van der Waals surface area contributed by atoms with Crippen LogP contribution in [0.25, 0.3) is 94.7 Å². The highest BCUT2D eigenvalue weighted by Gasteiger charge is 2.20. The molecule has 0 radical (unpaired) electrons. The number of rotatable bonds is 9. The summed E-state index contributed by atoms with van der Waals surface area (Å²) in [6, 6.07) is 69.5. The molecule has 0 N–H and O–H groups in total. The van der Waals surface area contributed by atoms with Crippen LogP contribution in [-0.2, 0) is 0 Å². The number of fused-ring (bicyclic) bond motifs is 4. The van der Waals surface area contributed by atoms with Gasteiger partial charge in [-0.2, -0.15) is 0 Å². The predicted octanol–water partition coefficient (Wildman–Crippen LogP) is 14.3. The van der Waals surface area contributed by atoms with Gasteiger partial charge < -0.3 is 4.57 Å². The van der Waals surface area contributed by atoms with E-state index in [0.717, 1.165) is 83.2 Å². The van der Waals surface area contributed by atoms with E-state index < -0.39 is 0 Å². The van der Waals surface area contributed by atoms with Gasteiger partial charge in [-0.3, -0.25) is 4.98 Å².